The Morgan fingerprint density at radius 2 is 1.57 bits per heavy atom. The summed E-state index contributed by atoms with van der Waals surface area (Å²) >= 11 is 0. The number of ether oxygens (including phenoxy) is 2. The van der Waals surface area contributed by atoms with E-state index in [4.69, 9.17) is 9.47 Å². The molecule has 0 unspecified atom stereocenters. The van der Waals surface area contributed by atoms with Gasteiger partial charge in [-0.05, 0) is 31.2 Å². The Labute approximate surface area is 159 Å². The van der Waals surface area contributed by atoms with Gasteiger partial charge in [0.2, 0.25) is 5.95 Å². The predicted octanol–water partition coefficient (Wildman–Crippen LogP) is 4.71. The van der Waals surface area contributed by atoms with Gasteiger partial charge in [-0.1, -0.05) is 0 Å². The van der Waals surface area contributed by atoms with E-state index in [1.165, 1.54) is 14.2 Å². The molecule has 3 aromatic rings. The van der Waals surface area contributed by atoms with E-state index in [-0.39, 0.29) is 17.5 Å². The minimum Gasteiger partial charge on any atom is -0.493 e. The van der Waals surface area contributed by atoms with Gasteiger partial charge in [0.1, 0.15) is 5.82 Å². The van der Waals surface area contributed by atoms with Gasteiger partial charge in [0.05, 0.1) is 19.9 Å². The third-order valence-electron chi connectivity index (χ3n) is 3.79. The highest BCUT2D eigenvalue weighted by Gasteiger charge is 2.14. The zero-order valence-electron chi connectivity index (χ0n) is 15.3. The van der Waals surface area contributed by atoms with E-state index in [2.05, 4.69) is 20.6 Å². The van der Waals surface area contributed by atoms with E-state index in [9.17, 15) is 13.2 Å². The van der Waals surface area contributed by atoms with Crippen LogP contribution in [0.5, 0.6) is 11.5 Å². The first-order valence-corrected chi connectivity index (χ1v) is 8.16. The molecule has 0 radical (unpaired) electrons. The van der Waals surface area contributed by atoms with Crippen LogP contribution in [0, 0.1) is 24.4 Å². The van der Waals surface area contributed by atoms with Crippen molar-refractivity contribution in [1.29, 1.82) is 0 Å². The first-order valence-electron chi connectivity index (χ1n) is 8.16. The predicted molar refractivity (Wildman–Crippen MR) is 99.2 cm³/mol. The highest BCUT2D eigenvalue weighted by Crippen LogP contribution is 2.31. The molecule has 0 atom stereocenters. The van der Waals surface area contributed by atoms with E-state index in [1.54, 1.807) is 31.2 Å². The first-order chi connectivity index (χ1) is 13.4. The smallest absolute Gasteiger partial charge is 0.229 e. The van der Waals surface area contributed by atoms with Crippen molar-refractivity contribution in [2.75, 3.05) is 24.9 Å². The molecule has 0 bridgehead atoms. The van der Waals surface area contributed by atoms with Crippen LogP contribution in [0.2, 0.25) is 0 Å². The molecule has 0 aliphatic carbocycles. The van der Waals surface area contributed by atoms with E-state index >= 15 is 0 Å². The third kappa shape index (κ3) is 4.08. The SMILES string of the molecule is COc1ccc(Nc2nc(C)cc(Nc3ccc(F)c(F)c3F)n2)cc1OC. The molecule has 3 rings (SSSR count). The van der Waals surface area contributed by atoms with Crippen molar-refractivity contribution < 1.29 is 22.6 Å². The Morgan fingerprint density at radius 3 is 2.29 bits per heavy atom. The second-order valence-corrected chi connectivity index (χ2v) is 5.76. The lowest BCUT2D eigenvalue weighted by Gasteiger charge is -2.12. The third-order valence-corrected chi connectivity index (χ3v) is 3.79. The van der Waals surface area contributed by atoms with Crippen molar-refractivity contribution in [1.82, 2.24) is 9.97 Å². The van der Waals surface area contributed by atoms with Gasteiger partial charge in [-0.3, -0.25) is 0 Å². The van der Waals surface area contributed by atoms with E-state index < -0.39 is 17.5 Å². The number of benzene rings is 2. The highest BCUT2D eigenvalue weighted by atomic mass is 19.2. The van der Waals surface area contributed by atoms with Crippen LogP contribution in [0.1, 0.15) is 5.69 Å². The molecule has 0 fully saturated rings. The van der Waals surface area contributed by atoms with Crippen molar-refractivity contribution in [3.63, 3.8) is 0 Å². The van der Waals surface area contributed by atoms with Gasteiger partial charge in [0, 0.05) is 23.5 Å². The van der Waals surface area contributed by atoms with Crippen LogP contribution >= 0.6 is 0 Å². The number of hydrogen-bond acceptors (Lipinski definition) is 6. The Kier molecular flexibility index (Phi) is 5.53. The summed E-state index contributed by atoms with van der Waals surface area (Å²) in [5, 5.41) is 5.64. The highest BCUT2D eigenvalue weighted by molar-refractivity contribution is 5.63. The van der Waals surface area contributed by atoms with Crippen LogP contribution in [0.4, 0.5) is 36.3 Å². The maximum atomic E-state index is 13.9. The summed E-state index contributed by atoms with van der Waals surface area (Å²) in [6, 6.07) is 8.62. The number of nitrogens with zero attached hydrogens (tertiary/aromatic N) is 2. The van der Waals surface area contributed by atoms with Crippen molar-refractivity contribution in [3.8, 4) is 11.5 Å². The lowest BCUT2D eigenvalue weighted by atomic mass is 10.2. The number of nitrogens with one attached hydrogen (secondary N) is 2. The number of hydrogen-bond donors (Lipinski definition) is 2. The molecule has 0 spiro atoms. The maximum absolute atomic E-state index is 13.9. The van der Waals surface area contributed by atoms with Crippen LogP contribution in [-0.2, 0) is 0 Å². The molecule has 146 valence electrons. The summed E-state index contributed by atoms with van der Waals surface area (Å²) in [6.07, 6.45) is 0. The van der Waals surface area contributed by atoms with Crippen LogP contribution in [-0.4, -0.2) is 24.2 Å². The summed E-state index contributed by atoms with van der Waals surface area (Å²) in [5.41, 5.74) is 0.964. The van der Waals surface area contributed by atoms with Gasteiger partial charge in [-0.25, -0.2) is 18.2 Å². The molecule has 2 aromatic carbocycles. The molecule has 1 aromatic heterocycles. The molecule has 0 aliphatic rings. The molecule has 0 saturated heterocycles. The second kappa shape index (κ2) is 8.03. The van der Waals surface area contributed by atoms with Gasteiger partial charge in [-0.15, -0.1) is 0 Å². The van der Waals surface area contributed by atoms with Gasteiger partial charge < -0.3 is 20.1 Å². The number of methoxy groups -OCH3 is 2. The van der Waals surface area contributed by atoms with Gasteiger partial charge >= 0.3 is 0 Å². The van der Waals surface area contributed by atoms with Crippen molar-refractivity contribution in [3.05, 3.63) is 59.5 Å². The number of rotatable bonds is 6. The molecule has 2 N–H and O–H groups in total. The normalized spacial score (nSPS) is 10.5. The quantitative estimate of drug-likeness (QED) is 0.595. The van der Waals surface area contributed by atoms with E-state index in [0.29, 0.717) is 22.9 Å². The molecule has 28 heavy (non-hydrogen) atoms. The largest absolute Gasteiger partial charge is 0.493 e. The Morgan fingerprint density at radius 1 is 0.821 bits per heavy atom. The average molecular weight is 390 g/mol. The molecular formula is C19H17F3N4O2. The molecule has 0 amide bonds. The molecule has 6 nitrogen and oxygen atoms in total. The lowest BCUT2D eigenvalue weighted by Crippen LogP contribution is -2.04. The number of aromatic nitrogens is 2. The van der Waals surface area contributed by atoms with Crippen LogP contribution < -0.4 is 20.1 Å². The average Bonchev–Trinajstić information content (AvgIpc) is 2.68. The lowest BCUT2D eigenvalue weighted by molar-refractivity contribution is 0.355. The Hall–Kier alpha value is -3.49. The molecule has 0 saturated carbocycles. The van der Waals surface area contributed by atoms with Gasteiger partial charge in [0.15, 0.2) is 29.0 Å². The minimum absolute atomic E-state index is 0.209. The fraction of sp³-hybridized carbons (Fsp3) is 0.158. The van der Waals surface area contributed by atoms with Crippen molar-refractivity contribution >= 4 is 23.1 Å². The van der Waals surface area contributed by atoms with E-state index in [0.717, 1.165) is 12.1 Å². The molecule has 9 heteroatoms. The number of halogens is 3. The summed E-state index contributed by atoms with van der Waals surface area (Å²) < 4.78 is 50.8. The van der Waals surface area contributed by atoms with Crippen LogP contribution in [0.3, 0.4) is 0 Å². The minimum atomic E-state index is -1.56. The number of anilines is 4. The monoisotopic (exact) mass is 390 g/mol. The zero-order valence-corrected chi connectivity index (χ0v) is 15.3. The first kappa shape index (κ1) is 19.3. The van der Waals surface area contributed by atoms with Crippen LogP contribution in [0.15, 0.2) is 36.4 Å². The second-order valence-electron chi connectivity index (χ2n) is 5.76. The Balaban J connectivity index is 1.87. The molecular weight excluding hydrogens is 373 g/mol. The van der Waals surface area contributed by atoms with Crippen molar-refractivity contribution in [2.45, 2.75) is 6.92 Å². The van der Waals surface area contributed by atoms with E-state index in [1.807, 2.05) is 0 Å². The fourth-order valence-electron chi connectivity index (χ4n) is 2.49. The zero-order chi connectivity index (χ0) is 20.3. The molecule has 0 aliphatic heterocycles. The maximum Gasteiger partial charge on any atom is 0.229 e. The summed E-state index contributed by atoms with van der Waals surface area (Å²) in [7, 11) is 3.05. The van der Waals surface area contributed by atoms with Crippen molar-refractivity contribution in [2.24, 2.45) is 0 Å². The Bertz CT molecular complexity index is 1010. The number of aryl methyl sites for hydroxylation is 1. The topological polar surface area (TPSA) is 68.3 Å². The van der Waals surface area contributed by atoms with Gasteiger partial charge in [0.25, 0.3) is 0 Å². The summed E-state index contributed by atoms with van der Waals surface area (Å²) in [5.74, 6) is -2.64. The standard InChI is InChI=1S/C19H17F3N4O2/c1-10-8-16(25-13-6-5-12(20)17(21)18(13)22)26-19(23-10)24-11-4-7-14(27-2)15(9-11)28-3/h4-9H,1-3H3,(H2,23,24,25,26). The van der Waals surface area contributed by atoms with Crippen LogP contribution in [0.25, 0.3) is 0 Å². The summed E-state index contributed by atoms with van der Waals surface area (Å²) in [4.78, 5) is 8.49. The fourth-order valence-corrected chi connectivity index (χ4v) is 2.49. The molecule has 1 heterocycles. The summed E-state index contributed by atoms with van der Waals surface area (Å²) in [6.45, 7) is 1.72. The van der Waals surface area contributed by atoms with Gasteiger partial charge in [-0.2, -0.15) is 4.98 Å².